The highest BCUT2D eigenvalue weighted by Gasteiger charge is 2.53. The van der Waals surface area contributed by atoms with Crippen LogP contribution >= 0.6 is 0 Å². The second kappa shape index (κ2) is 8.15. The fraction of sp³-hybridized carbons (Fsp3) is 0.444. The number of amides is 2. The summed E-state index contributed by atoms with van der Waals surface area (Å²) in [5.74, 6) is -1.30. The minimum absolute atomic E-state index is 0.0155. The summed E-state index contributed by atoms with van der Waals surface area (Å²) >= 11 is 0. The second-order valence-electron chi connectivity index (χ2n) is 10.1. The van der Waals surface area contributed by atoms with Crippen LogP contribution in [0.3, 0.4) is 0 Å². The van der Waals surface area contributed by atoms with Crippen LogP contribution in [0.4, 0.5) is 4.79 Å². The zero-order valence-corrected chi connectivity index (χ0v) is 18.9. The summed E-state index contributed by atoms with van der Waals surface area (Å²) < 4.78 is 5.62. The van der Waals surface area contributed by atoms with Gasteiger partial charge in [0.15, 0.2) is 0 Å². The molecule has 2 N–H and O–H groups in total. The molecule has 2 heterocycles. The second-order valence-corrected chi connectivity index (χ2v) is 10.1. The molecular weight excluding hydrogens is 432 g/mol. The first-order valence-electron chi connectivity index (χ1n) is 12.2. The average molecular weight is 461 g/mol. The van der Waals surface area contributed by atoms with Crippen molar-refractivity contribution in [2.45, 2.75) is 56.1 Å². The molecule has 3 fully saturated rings. The normalized spacial score (nSPS) is 28.7. The van der Waals surface area contributed by atoms with Gasteiger partial charge in [0, 0.05) is 30.0 Å². The highest BCUT2D eigenvalue weighted by Crippen LogP contribution is 2.45. The topological polar surface area (TPSA) is 95.9 Å². The van der Waals surface area contributed by atoms with E-state index >= 15 is 0 Å². The average Bonchev–Trinajstić information content (AvgIpc) is 3.49. The van der Waals surface area contributed by atoms with E-state index in [2.05, 4.69) is 29.6 Å². The number of nitrogens with zero attached hydrogens (tertiary/aromatic N) is 1. The Hall–Kier alpha value is -3.35. The summed E-state index contributed by atoms with van der Waals surface area (Å²) in [6.45, 7) is 0.267. The maximum absolute atomic E-state index is 13.0. The van der Waals surface area contributed by atoms with E-state index in [-0.39, 0.29) is 42.5 Å². The Morgan fingerprint density at radius 3 is 2.21 bits per heavy atom. The molecule has 0 radical (unpaired) electrons. The number of carbonyl (C=O) groups is 3. The quantitative estimate of drug-likeness (QED) is 0.708. The number of aliphatic carboxylic acids is 1. The molecule has 34 heavy (non-hydrogen) atoms. The third kappa shape index (κ3) is 3.37. The van der Waals surface area contributed by atoms with Gasteiger partial charge in [-0.05, 0) is 54.4 Å². The van der Waals surface area contributed by atoms with Gasteiger partial charge >= 0.3 is 12.1 Å². The molecule has 2 aliphatic heterocycles. The van der Waals surface area contributed by atoms with E-state index in [1.54, 1.807) is 0 Å². The van der Waals surface area contributed by atoms with Crippen LogP contribution in [-0.2, 0) is 14.3 Å². The third-order valence-corrected chi connectivity index (χ3v) is 8.26. The fourth-order valence-corrected chi connectivity index (χ4v) is 6.55. The fourth-order valence-electron chi connectivity index (χ4n) is 6.55. The molecule has 176 valence electrons. The highest BCUT2D eigenvalue weighted by molar-refractivity contribution is 5.84. The lowest BCUT2D eigenvalue weighted by molar-refractivity contribution is -0.144. The largest absolute Gasteiger partial charge is 0.481 e. The van der Waals surface area contributed by atoms with Crippen molar-refractivity contribution >= 4 is 18.0 Å². The van der Waals surface area contributed by atoms with Gasteiger partial charge in [-0.1, -0.05) is 48.5 Å². The number of alkyl carbamates (subject to hydrolysis) is 1. The number of hydrogen-bond donors (Lipinski definition) is 2. The van der Waals surface area contributed by atoms with Gasteiger partial charge in [0.25, 0.3) is 0 Å². The molecule has 3 atom stereocenters. The van der Waals surface area contributed by atoms with Crippen molar-refractivity contribution < 1.29 is 24.2 Å². The van der Waals surface area contributed by atoms with Gasteiger partial charge < -0.3 is 20.1 Å². The number of carboxylic acid groups (broad SMARTS) is 1. The van der Waals surface area contributed by atoms with E-state index in [0.29, 0.717) is 19.3 Å². The number of ether oxygens (including phenoxy) is 1. The van der Waals surface area contributed by atoms with Crippen molar-refractivity contribution in [1.82, 2.24) is 10.2 Å². The van der Waals surface area contributed by atoms with Crippen molar-refractivity contribution in [3.05, 3.63) is 59.7 Å². The molecule has 2 aromatic carbocycles. The van der Waals surface area contributed by atoms with E-state index in [4.69, 9.17) is 4.74 Å². The molecule has 1 saturated carbocycles. The van der Waals surface area contributed by atoms with Gasteiger partial charge in [0.1, 0.15) is 6.61 Å². The number of carboxylic acids is 1. The van der Waals surface area contributed by atoms with E-state index in [9.17, 15) is 19.5 Å². The lowest BCUT2D eigenvalue weighted by Gasteiger charge is -2.38. The zero-order chi connectivity index (χ0) is 23.4. The Morgan fingerprint density at radius 2 is 1.59 bits per heavy atom. The van der Waals surface area contributed by atoms with Crippen molar-refractivity contribution in [1.29, 1.82) is 0 Å². The summed E-state index contributed by atoms with van der Waals surface area (Å²) in [7, 11) is 0. The first-order chi connectivity index (χ1) is 16.5. The molecule has 7 heteroatoms. The molecule has 2 bridgehead atoms. The summed E-state index contributed by atoms with van der Waals surface area (Å²) in [5, 5.41) is 12.3. The van der Waals surface area contributed by atoms with Crippen molar-refractivity contribution in [3.63, 3.8) is 0 Å². The summed E-state index contributed by atoms with van der Waals surface area (Å²) in [6, 6.07) is 16.3. The van der Waals surface area contributed by atoms with Crippen LogP contribution in [0.15, 0.2) is 48.5 Å². The van der Waals surface area contributed by atoms with Crippen LogP contribution < -0.4 is 5.32 Å². The standard InChI is InChI=1S/C27H28N2O5/c30-25(29-17-9-10-24(29)22(13-17)26(31)32)15-11-16(12-15)28-27(33)34-14-23-20-7-3-1-5-18(20)19-6-2-4-8-21(19)23/h1-8,15-17,22-24H,9-14H2,(H,28,33)(H,31,32)/t15?,16?,17-,22+,24+/m0/s1. The van der Waals surface area contributed by atoms with E-state index in [1.807, 2.05) is 29.2 Å². The molecule has 7 nitrogen and oxygen atoms in total. The maximum atomic E-state index is 13.0. The Kier molecular flexibility index (Phi) is 5.08. The van der Waals surface area contributed by atoms with Gasteiger partial charge in [-0.15, -0.1) is 0 Å². The number of rotatable bonds is 5. The molecule has 0 unspecified atom stereocenters. The number of fused-ring (bicyclic) bond motifs is 5. The molecule has 4 aliphatic rings. The van der Waals surface area contributed by atoms with E-state index in [1.165, 1.54) is 22.3 Å². The maximum Gasteiger partial charge on any atom is 0.407 e. The smallest absolute Gasteiger partial charge is 0.407 e. The number of hydrogen-bond acceptors (Lipinski definition) is 4. The van der Waals surface area contributed by atoms with Crippen molar-refractivity contribution in [2.24, 2.45) is 11.8 Å². The van der Waals surface area contributed by atoms with E-state index < -0.39 is 18.0 Å². The lowest BCUT2D eigenvalue weighted by Crippen LogP contribution is -2.51. The Morgan fingerprint density at radius 1 is 0.941 bits per heavy atom. The van der Waals surface area contributed by atoms with E-state index in [0.717, 1.165) is 12.8 Å². The predicted molar refractivity (Wildman–Crippen MR) is 124 cm³/mol. The Bertz CT molecular complexity index is 1110. The molecular formula is C27H28N2O5. The third-order valence-electron chi connectivity index (χ3n) is 8.26. The van der Waals surface area contributed by atoms with Gasteiger partial charge in [0.05, 0.1) is 5.92 Å². The molecule has 0 spiro atoms. The number of nitrogens with one attached hydrogen (secondary N) is 1. The van der Waals surface area contributed by atoms with Crippen LogP contribution in [0, 0.1) is 11.8 Å². The molecule has 0 aromatic heterocycles. The minimum atomic E-state index is -0.798. The number of carbonyl (C=O) groups excluding carboxylic acids is 2. The predicted octanol–water partition coefficient (Wildman–Crippen LogP) is 3.77. The zero-order valence-electron chi connectivity index (χ0n) is 18.9. The minimum Gasteiger partial charge on any atom is -0.481 e. The van der Waals surface area contributed by atoms with Crippen molar-refractivity contribution in [3.8, 4) is 11.1 Å². The molecule has 2 aliphatic carbocycles. The first kappa shape index (κ1) is 21.2. The van der Waals surface area contributed by atoms with Gasteiger partial charge in [0.2, 0.25) is 5.91 Å². The molecule has 2 aromatic rings. The SMILES string of the molecule is O=C(NC1CC(C(=O)N2[C@H]3CC[C@@H]2[C@H](C(=O)O)C3)C1)OCC1c2ccccc2-c2ccccc21. The van der Waals surface area contributed by atoms with Crippen LogP contribution in [-0.4, -0.2) is 52.7 Å². The van der Waals surface area contributed by atoms with Crippen LogP contribution in [0.2, 0.25) is 0 Å². The molecule has 2 amide bonds. The van der Waals surface area contributed by atoms with Gasteiger partial charge in [-0.3, -0.25) is 9.59 Å². The van der Waals surface area contributed by atoms with Crippen LogP contribution in [0.5, 0.6) is 0 Å². The lowest BCUT2D eigenvalue weighted by atomic mass is 9.79. The van der Waals surface area contributed by atoms with Gasteiger partial charge in [-0.25, -0.2) is 4.79 Å². The van der Waals surface area contributed by atoms with Crippen molar-refractivity contribution in [2.75, 3.05) is 6.61 Å². The monoisotopic (exact) mass is 460 g/mol. The summed E-state index contributed by atoms with van der Waals surface area (Å²) in [6.07, 6.45) is 2.95. The highest BCUT2D eigenvalue weighted by atomic mass is 16.5. The summed E-state index contributed by atoms with van der Waals surface area (Å²) in [5.41, 5.74) is 4.72. The van der Waals surface area contributed by atoms with Gasteiger partial charge in [-0.2, -0.15) is 0 Å². The summed E-state index contributed by atoms with van der Waals surface area (Å²) in [4.78, 5) is 38.8. The molecule has 6 rings (SSSR count). The number of benzene rings is 2. The Balaban J connectivity index is 1.02. The first-order valence-corrected chi connectivity index (χ1v) is 12.2. The van der Waals surface area contributed by atoms with Crippen LogP contribution in [0.25, 0.3) is 11.1 Å². The van der Waals surface area contributed by atoms with Crippen LogP contribution in [0.1, 0.15) is 49.1 Å². The molecule has 2 saturated heterocycles. The Labute approximate surface area is 198 Å².